The molecule has 4 rings (SSSR count). The van der Waals surface area contributed by atoms with E-state index in [1.807, 2.05) is 40.2 Å². The first kappa shape index (κ1) is 21.5. The van der Waals surface area contributed by atoms with Crippen LogP contribution >= 0.6 is 22.9 Å². The van der Waals surface area contributed by atoms with Crippen molar-refractivity contribution in [3.05, 3.63) is 82.2 Å². The number of carbonyl (C=O) groups is 1. The summed E-state index contributed by atoms with van der Waals surface area (Å²) in [5.74, 6) is -0.857. The molecule has 8 heteroatoms. The molecule has 0 saturated carbocycles. The first-order valence-electron chi connectivity index (χ1n) is 9.81. The van der Waals surface area contributed by atoms with Crippen molar-refractivity contribution < 1.29 is 13.9 Å². The van der Waals surface area contributed by atoms with Crippen molar-refractivity contribution in [1.82, 2.24) is 14.3 Å². The number of halogens is 2. The molecular weight excluding hydrogens is 437 g/mol. The number of imidazole rings is 1. The molecule has 0 aliphatic carbocycles. The fourth-order valence-corrected chi connectivity index (χ4v) is 4.37. The number of fused-ring (bicyclic) bond motifs is 1. The standard InChI is InChI=1S/C23H21ClFN3O2S/c1-30-13-12-27(22(29)19-4-2-3-5-20(19)25)11-10-18-15-31-23-26-21(14-28(18)23)16-6-8-17(24)9-7-16/h2-9,14-15H,10-13H2,1H3. The Labute approximate surface area is 188 Å². The van der Waals surface area contributed by atoms with Gasteiger partial charge < -0.3 is 9.64 Å². The lowest BCUT2D eigenvalue weighted by Gasteiger charge is -2.22. The third-order valence-electron chi connectivity index (χ3n) is 5.02. The fraction of sp³-hybridized carbons (Fsp3) is 0.217. The van der Waals surface area contributed by atoms with E-state index in [4.69, 9.17) is 21.3 Å². The van der Waals surface area contributed by atoms with Gasteiger partial charge in [-0.1, -0.05) is 35.9 Å². The minimum Gasteiger partial charge on any atom is -0.383 e. The van der Waals surface area contributed by atoms with Crippen LogP contribution in [-0.4, -0.2) is 47.0 Å². The second-order valence-corrected chi connectivity index (χ2v) is 8.30. The Morgan fingerprint density at radius 1 is 1.19 bits per heavy atom. The van der Waals surface area contributed by atoms with Gasteiger partial charge in [0.2, 0.25) is 0 Å². The molecule has 5 nitrogen and oxygen atoms in total. The van der Waals surface area contributed by atoms with Crippen molar-refractivity contribution in [3.8, 4) is 11.3 Å². The molecule has 2 aromatic carbocycles. The van der Waals surface area contributed by atoms with Crippen molar-refractivity contribution in [1.29, 1.82) is 0 Å². The highest BCUT2D eigenvalue weighted by atomic mass is 35.5. The molecule has 0 atom stereocenters. The van der Waals surface area contributed by atoms with Crippen LogP contribution in [0.25, 0.3) is 16.2 Å². The maximum absolute atomic E-state index is 14.1. The zero-order chi connectivity index (χ0) is 21.8. The summed E-state index contributed by atoms with van der Waals surface area (Å²) in [6.45, 7) is 1.21. The van der Waals surface area contributed by atoms with E-state index in [1.165, 1.54) is 12.1 Å². The number of carbonyl (C=O) groups excluding carboxylic acids is 1. The van der Waals surface area contributed by atoms with Crippen LogP contribution in [-0.2, 0) is 11.2 Å². The number of hydrogen-bond donors (Lipinski definition) is 0. The Morgan fingerprint density at radius 3 is 2.71 bits per heavy atom. The quantitative estimate of drug-likeness (QED) is 0.366. The van der Waals surface area contributed by atoms with E-state index >= 15 is 0 Å². The SMILES string of the molecule is COCCN(CCc1csc2nc(-c3ccc(Cl)cc3)cn12)C(=O)c1ccccc1F. The summed E-state index contributed by atoms with van der Waals surface area (Å²) in [6.07, 6.45) is 2.60. The van der Waals surface area contributed by atoms with Crippen molar-refractivity contribution in [2.75, 3.05) is 26.8 Å². The average molecular weight is 458 g/mol. The predicted octanol–water partition coefficient (Wildman–Crippen LogP) is 5.19. The van der Waals surface area contributed by atoms with Gasteiger partial charge in [-0.05, 0) is 24.3 Å². The van der Waals surface area contributed by atoms with Crippen LogP contribution in [0.4, 0.5) is 4.39 Å². The minimum atomic E-state index is -0.518. The number of aromatic nitrogens is 2. The molecule has 0 fully saturated rings. The van der Waals surface area contributed by atoms with E-state index in [-0.39, 0.29) is 11.5 Å². The first-order chi connectivity index (χ1) is 15.1. The van der Waals surface area contributed by atoms with E-state index in [0.29, 0.717) is 31.1 Å². The van der Waals surface area contributed by atoms with Gasteiger partial charge >= 0.3 is 0 Å². The number of amides is 1. The summed E-state index contributed by atoms with van der Waals surface area (Å²) < 4.78 is 21.3. The van der Waals surface area contributed by atoms with E-state index in [1.54, 1.807) is 35.5 Å². The maximum Gasteiger partial charge on any atom is 0.256 e. The number of thiazole rings is 1. The van der Waals surface area contributed by atoms with Crippen LogP contribution in [0.5, 0.6) is 0 Å². The second-order valence-electron chi connectivity index (χ2n) is 7.03. The number of nitrogens with zero attached hydrogens (tertiary/aromatic N) is 3. The molecule has 0 unspecified atom stereocenters. The molecule has 2 aromatic heterocycles. The average Bonchev–Trinajstić information content (AvgIpc) is 3.36. The van der Waals surface area contributed by atoms with Gasteiger partial charge in [0.1, 0.15) is 5.82 Å². The lowest BCUT2D eigenvalue weighted by molar-refractivity contribution is 0.0692. The molecule has 0 bridgehead atoms. The number of ether oxygens (including phenoxy) is 1. The zero-order valence-corrected chi connectivity index (χ0v) is 18.5. The van der Waals surface area contributed by atoms with Gasteiger partial charge in [-0.25, -0.2) is 9.37 Å². The summed E-state index contributed by atoms with van der Waals surface area (Å²) in [5, 5.41) is 2.72. The van der Waals surface area contributed by atoms with Crippen LogP contribution in [0.15, 0.2) is 60.1 Å². The smallest absolute Gasteiger partial charge is 0.256 e. The van der Waals surface area contributed by atoms with Gasteiger partial charge in [0, 0.05) is 54.5 Å². The van der Waals surface area contributed by atoms with Crippen LogP contribution in [0.3, 0.4) is 0 Å². The van der Waals surface area contributed by atoms with E-state index in [2.05, 4.69) is 0 Å². The highest BCUT2D eigenvalue weighted by Crippen LogP contribution is 2.25. The highest BCUT2D eigenvalue weighted by molar-refractivity contribution is 7.15. The number of rotatable bonds is 8. The molecule has 31 heavy (non-hydrogen) atoms. The molecule has 0 N–H and O–H groups in total. The summed E-state index contributed by atoms with van der Waals surface area (Å²) in [5.41, 5.74) is 2.96. The van der Waals surface area contributed by atoms with Gasteiger partial charge in [0.15, 0.2) is 4.96 Å². The molecule has 0 spiro atoms. The maximum atomic E-state index is 14.1. The van der Waals surface area contributed by atoms with E-state index < -0.39 is 5.82 Å². The van der Waals surface area contributed by atoms with Gasteiger partial charge in [0.05, 0.1) is 17.9 Å². The monoisotopic (exact) mass is 457 g/mol. The molecule has 0 aliphatic heterocycles. The van der Waals surface area contributed by atoms with Crippen molar-refractivity contribution in [2.45, 2.75) is 6.42 Å². The van der Waals surface area contributed by atoms with Crippen molar-refractivity contribution >= 4 is 33.8 Å². The Bertz CT molecular complexity index is 1190. The Hall–Kier alpha value is -2.74. The minimum absolute atomic E-state index is 0.0710. The second kappa shape index (κ2) is 9.60. The van der Waals surface area contributed by atoms with Crippen LogP contribution < -0.4 is 0 Å². The largest absolute Gasteiger partial charge is 0.383 e. The predicted molar refractivity (Wildman–Crippen MR) is 121 cm³/mol. The highest BCUT2D eigenvalue weighted by Gasteiger charge is 2.19. The van der Waals surface area contributed by atoms with Gasteiger partial charge in [-0.15, -0.1) is 11.3 Å². The molecule has 2 heterocycles. The molecule has 0 aliphatic rings. The van der Waals surface area contributed by atoms with Crippen LogP contribution in [0, 0.1) is 5.82 Å². The molecule has 0 radical (unpaired) electrons. The number of hydrogen-bond acceptors (Lipinski definition) is 4. The first-order valence-corrected chi connectivity index (χ1v) is 11.1. The van der Waals surface area contributed by atoms with Crippen LogP contribution in [0.2, 0.25) is 5.02 Å². The summed E-state index contributed by atoms with van der Waals surface area (Å²) in [7, 11) is 1.58. The van der Waals surface area contributed by atoms with Crippen molar-refractivity contribution in [3.63, 3.8) is 0 Å². The lowest BCUT2D eigenvalue weighted by atomic mass is 10.1. The molecule has 1 amide bonds. The Morgan fingerprint density at radius 2 is 1.97 bits per heavy atom. The normalized spacial score (nSPS) is 11.2. The van der Waals surface area contributed by atoms with E-state index in [0.717, 1.165) is 21.9 Å². The number of methoxy groups -OCH3 is 1. The summed E-state index contributed by atoms with van der Waals surface area (Å²) >= 11 is 7.53. The lowest BCUT2D eigenvalue weighted by Crippen LogP contribution is -2.36. The molecule has 160 valence electrons. The molecule has 4 aromatic rings. The topological polar surface area (TPSA) is 46.8 Å². The molecule has 0 saturated heterocycles. The Balaban J connectivity index is 1.53. The van der Waals surface area contributed by atoms with Crippen molar-refractivity contribution in [2.24, 2.45) is 0 Å². The van der Waals surface area contributed by atoms with Gasteiger partial charge in [-0.2, -0.15) is 0 Å². The van der Waals surface area contributed by atoms with Crippen LogP contribution in [0.1, 0.15) is 16.1 Å². The van der Waals surface area contributed by atoms with Gasteiger partial charge in [-0.3, -0.25) is 9.20 Å². The fourth-order valence-electron chi connectivity index (χ4n) is 3.34. The third kappa shape index (κ3) is 4.79. The van der Waals surface area contributed by atoms with E-state index in [9.17, 15) is 9.18 Å². The number of benzene rings is 2. The molecular formula is C23H21ClFN3O2S. The summed E-state index contributed by atoms with van der Waals surface area (Å²) in [4.78, 5) is 20.1. The third-order valence-corrected chi connectivity index (χ3v) is 6.16. The zero-order valence-electron chi connectivity index (χ0n) is 16.9. The van der Waals surface area contributed by atoms with Gasteiger partial charge in [0.25, 0.3) is 5.91 Å². The Kier molecular flexibility index (Phi) is 6.65. The summed E-state index contributed by atoms with van der Waals surface area (Å²) in [6, 6.07) is 13.6.